The van der Waals surface area contributed by atoms with Gasteiger partial charge in [-0.15, -0.1) is 0 Å². The average Bonchev–Trinajstić information content (AvgIpc) is 2.91. The average molecular weight is 261 g/mol. The van der Waals surface area contributed by atoms with Gasteiger partial charge in [0.15, 0.2) is 0 Å². The van der Waals surface area contributed by atoms with Crippen LogP contribution in [0, 0.1) is 0 Å². The van der Waals surface area contributed by atoms with Crippen LogP contribution in [0.1, 0.15) is 16.2 Å². The fourth-order valence-electron chi connectivity index (χ4n) is 1.72. The third-order valence-corrected chi connectivity index (χ3v) is 2.71. The molecule has 0 radical (unpaired) electrons. The number of nitrogen functional groups attached to an aromatic ring is 1. The number of benzene rings is 1. The third-order valence-electron chi connectivity index (χ3n) is 2.71. The summed E-state index contributed by atoms with van der Waals surface area (Å²) in [7, 11) is 3.18. The van der Waals surface area contributed by atoms with Crippen molar-refractivity contribution in [1.82, 2.24) is 20.1 Å². The molecule has 1 aromatic heterocycles. The quantitative estimate of drug-likeness (QED) is 0.788. The minimum Gasteiger partial charge on any atom is -0.495 e. The highest BCUT2D eigenvalue weighted by Gasteiger charge is 2.17. The summed E-state index contributed by atoms with van der Waals surface area (Å²) in [4.78, 5) is 17.8. The molecule has 0 saturated heterocycles. The number of anilines is 1. The number of aromatic nitrogens is 3. The standard InChI is InChI=1S/C12H15N5O2/c1-17(6-10-14-7-15-16-10)12(18)8-4-3-5-9(19-2)11(8)13/h3-5,7H,6,13H2,1-2H3,(H,14,15,16). The summed E-state index contributed by atoms with van der Waals surface area (Å²) in [6.07, 6.45) is 1.40. The minimum absolute atomic E-state index is 0.201. The topological polar surface area (TPSA) is 97.1 Å². The molecule has 0 aliphatic carbocycles. The van der Waals surface area contributed by atoms with Gasteiger partial charge >= 0.3 is 0 Å². The molecular weight excluding hydrogens is 246 g/mol. The van der Waals surface area contributed by atoms with Crippen molar-refractivity contribution in [3.63, 3.8) is 0 Å². The van der Waals surface area contributed by atoms with Gasteiger partial charge in [0.05, 0.1) is 24.9 Å². The molecule has 1 heterocycles. The van der Waals surface area contributed by atoms with E-state index in [9.17, 15) is 4.79 Å². The summed E-state index contributed by atoms with van der Waals surface area (Å²) in [5.74, 6) is 0.893. The van der Waals surface area contributed by atoms with E-state index in [2.05, 4.69) is 15.2 Å². The van der Waals surface area contributed by atoms with Crippen LogP contribution in [0.25, 0.3) is 0 Å². The fourth-order valence-corrected chi connectivity index (χ4v) is 1.72. The van der Waals surface area contributed by atoms with Gasteiger partial charge in [-0.2, -0.15) is 5.10 Å². The van der Waals surface area contributed by atoms with E-state index < -0.39 is 0 Å². The Bertz CT molecular complexity index is 568. The van der Waals surface area contributed by atoms with E-state index in [-0.39, 0.29) is 5.91 Å². The van der Waals surface area contributed by atoms with Gasteiger partial charge in [0.1, 0.15) is 17.9 Å². The molecule has 0 unspecified atom stereocenters. The number of nitrogens with one attached hydrogen (secondary N) is 1. The van der Waals surface area contributed by atoms with Crippen LogP contribution in [-0.4, -0.2) is 40.1 Å². The van der Waals surface area contributed by atoms with E-state index >= 15 is 0 Å². The van der Waals surface area contributed by atoms with Gasteiger partial charge in [-0.3, -0.25) is 9.89 Å². The molecule has 1 aromatic carbocycles. The molecule has 0 fully saturated rings. The SMILES string of the molecule is COc1cccc(C(=O)N(C)Cc2ncn[nH]2)c1N. The molecule has 100 valence electrons. The molecule has 0 spiro atoms. The highest BCUT2D eigenvalue weighted by molar-refractivity contribution is 6.00. The number of carbonyl (C=O) groups is 1. The van der Waals surface area contributed by atoms with Gasteiger partial charge < -0.3 is 15.4 Å². The fraction of sp³-hybridized carbons (Fsp3) is 0.250. The van der Waals surface area contributed by atoms with Gasteiger partial charge in [-0.05, 0) is 12.1 Å². The number of nitrogens with zero attached hydrogens (tertiary/aromatic N) is 3. The van der Waals surface area contributed by atoms with Crippen LogP contribution in [0.15, 0.2) is 24.5 Å². The number of methoxy groups -OCH3 is 1. The van der Waals surface area contributed by atoms with Crippen LogP contribution in [0.5, 0.6) is 5.75 Å². The van der Waals surface area contributed by atoms with Crippen molar-refractivity contribution in [1.29, 1.82) is 0 Å². The van der Waals surface area contributed by atoms with Crippen molar-refractivity contribution in [2.24, 2.45) is 0 Å². The lowest BCUT2D eigenvalue weighted by atomic mass is 10.1. The highest BCUT2D eigenvalue weighted by Crippen LogP contribution is 2.25. The van der Waals surface area contributed by atoms with Crippen LogP contribution in [0.2, 0.25) is 0 Å². The molecule has 0 saturated carbocycles. The molecule has 2 aromatic rings. The second kappa shape index (κ2) is 5.38. The Morgan fingerprint density at radius 2 is 2.32 bits per heavy atom. The molecule has 0 atom stereocenters. The second-order valence-corrected chi connectivity index (χ2v) is 4.01. The molecule has 3 N–H and O–H groups in total. The first-order valence-corrected chi connectivity index (χ1v) is 5.65. The molecule has 0 aliphatic rings. The Morgan fingerprint density at radius 1 is 1.53 bits per heavy atom. The molecule has 7 nitrogen and oxygen atoms in total. The number of hydrogen-bond acceptors (Lipinski definition) is 5. The Morgan fingerprint density at radius 3 is 2.95 bits per heavy atom. The number of ether oxygens (including phenoxy) is 1. The summed E-state index contributed by atoms with van der Waals surface area (Å²) < 4.78 is 5.10. The van der Waals surface area contributed by atoms with Gasteiger partial charge in [0.2, 0.25) is 0 Å². The van der Waals surface area contributed by atoms with Crippen molar-refractivity contribution in [2.45, 2.75) is 6.54 Å². The zero-order valence-corrected chi connectivity index (χ0v) is 10.8. The maximum atomic E-state index is 12.3. The van der Waals surface area contributed by atoms with E-state index in [4.69, 9.17) is 10.5 Å². The molecule has 2 rings (SSSR count). The summed E-state index contributed by atoms with van der Waals surface area (Å²) >= 11 is 0. The van der Waals surface area contributed by atoms with Crippen molar-refractivity contribution >= 4 is 11.6 Å². The molecule has 0 bridgehead atoms. The maximum absolute atomic E-state index is 12.3. The number of para-hydroxylation sites is 1. The predicted octanol–water partition coefficient (Wildman–Crippen LogP) is 0.668. The lowest BCUT2D eigenvalue weighted by Crippen LogP contribution is -2.27. The van der Waals surface area contributed by atoms with Crippen molar-refractivity contribution in [2.75, 3.05) is 19.9 Å². The molecular formula is C12H15N5O2. The first-order valence-electron chi connectivity index (χ1n) is 5.65. The van der Waals surface area contributed by atoms with Crippen LogP contribution >= 0.6 is 0 Å². The smallest absolute Gasteiger partial charge is 0.256 e. The molecule has 7 heteroatoms. The Kier molecular flexibility index (Phi) is 3.65. The van der Waals surface area contributed by atoms with E-state index in [1.54, 1.807) is 25.2 Å². The Balaban J connectivity index is 2.19. The molecule has 19 heavy (non-hydrogen) atoms. The zero-order chi connectivity index (χ0) is 13.8. The number of rotatable bonds is 4. The third kappa shape index (κ3) is 2.65. The molecule has 1 amide bonds. The van der Waals surface area contributed by atoms with E-state index in [1.165, 1.54) is 18.3 Å². The van der Waals surface area contributed by atoms with Gasteiger partial charge in [0, 0.05) is 7.05 Å². The van der Waals surface area contributed by atoms with E-state index in [0.717, 1.165) is 0 Å². The highest BCUT2D eigenvalue weighted by atomic mass is 16.5. The zero-order valence-electron chi connectivity index (χ0n) is 10.8. The number of hydrogen-bond donors (Lipinski definition) is 2. The van der Waals surface area contributed by atoms with Crippen LogP contribution in [-0.2, 0) is 6.54 Å². The number of H-pyrrole nitrogens is 1. The van der Waals surface area contributed by atoms with Gasteiger partial charge in [0.25, 0.3) is 5.91 Å². The largest absolute Gasteiger partial charge is 0.495 e. The monoisotopic (exact) mass is 261 g/mol. The minimum atomic E-state index is -0.201. The van der Waals surface area contributed by atoms with Crippen molar-refractivity contribution in [3.8, 4) is 5.75 Å². The summed E-state index contributed by atoms with van der Waals surface area (Å²) in [5.41, 5.74) is 6.63. The number of carbonyl (C=O) groups excluding carboxylic acids is 1. The van der Waals surface area contributed by atoms with E-state index in [0.29, 0.717) is 29.4 Å². The van der Waals surface area contributed by atoms with Crippen molar-refractivity contribution in [3.05, 3.63) is 35.9 Å². The first-order chi connectivity index (χ1) is 9.13. The second-order valence-electron chi connectivity index (χ2n) is 4.01. The number of aromatic amines is 1. The maximum Gasteiger partial charge on any atom is 0.256 e. The van der Waals surface area contributed by atoms with E-state index in [1.807, 2.05) is 0 Å². The van der Waals surface area contributed by atoms with Crippen LogP contribution < -0.4 is 10.5 Å². The number of amides is 1. The predicted molar refractivity (Wildman–Crippen MR) is 69.6 cm³/mol. The first kappa shape index (κ1) is 12.9. The normalized spacial score (nSPS) is 10.2. The lowest BCUT2D eigenvalue weighted by Gasteiger charge is -2.17. The van der Waals surface area contributed by atoms with Gasteiger partial charge in [-0.1, -0.05) is 6.07 Å². The van der Waals surface area contributed by atoms with Gasteiger partial charge in [-0.25, -0.2) is 4.98 Å². The van der Waals surface area contributed by atoms with Crippen LogP contribution in [0.4, 0.5) is 5.69 Å². The summed E-state index contributed by atoms with van der Waals surface area (Å²) in [6.45, 7) is 0.329. The van der Waals surface area contributed by atoms with Crippen LogP contribution in [0.3, 0.4) is 0 Å². The Hall–Kier alpha value is -2.57. The lowest BCUT2D eigenvalue weighted by molar-refractivity contribution is 0.0782. The number of nitrogens with two attached hydrogens (primary N) is 1. The molecule has 0 aliphatic heterocycles. The van der Waals surface area contributed by atoms with Crippen molar-refractivity contribution < 1.29 is 9.53 Å². The summed E-state index contributed by atoms with van der Waals surface area (Å²) in [5, 5.41) is 6.43. The Labute approximate surface area is 110 Å². The summed E-state index contributed by atoms with van der Waals surface area (Å²) in [6, 6.07) is 5.10.